The van der Waals surface area contributed by atoms with Crippen molar-refractivity contribution in [2.24, 2.45) is 5.92 Å². The summed E-state index contributed by atoms with van der Waals surface area (Å²) in [6.45, 7) is 0. The molecule has 1 aliphatic heterocycles. The van der Waals surface area contributed by atoms with E-state index >= 15 is 0 Å². The molecule has 1 saturated heterocycles. The minimum absolute atomic E-state index is 0.0241. The molecule has 1 heterocycles. The Hall–Kier alpha value is -4.16. The minimum atomic E-state index is -0.741. The average molecular weight is 498 g/mol. The molecule has 3 atom stereocenters. The zero-order valence-corrected chi connectivity index (χ0v) is 20.2. The van der Waals surface area contributed by atoms with Crippen molar-refractivity contribution in [3.8, 4) is 22.6 Å². The number of β-lactam (4-membered cyclic amide) rings is 1. The number of phenolic OH excluding ortho intramolecular Hbond substituents is 2. The number of nitrogens with zero attached hydrogens (tertiary/aromatic N) is 1. The van der Waals surface area contributed by atoms with Crippen LogP contribution < -0.4 is 4.90 Å². The van der Waals surface area contributed by atoms with Gasteiger partial charge in [0, 0.05) is 11.3 Å². The van der Waals surface area contributed by atoms with Gasteiger partial charge in [-0.3, -0.25) is 4.79 Å². The molecule has 6 heteroatoms. The molecule has 37 heavy (non-hydrogen) atoms. The lowest BCUT2D eigenvalue weighted by Gasteiger charge is -2.48. The van der Waals surface area contributed by atoms with Crippen molar-refractivity contribution >= 4 is 11.6 Å². The van der Waals surface area contributed by atoms with Crippen LogP contribution in [0.15, 0.2) is 97.1 Å². The number of halogens is 1. The van der Waals surface area contributed by atoms with Crippen LogP contribution in [0, 0.1) is 11.7 Å². The minimum Gasteiger partial charge on any atom is -0.508 e. The number of amides is 1. The summed E-state index contributed by atoms with van der Waals surface area (Å²) in [5.74, 6) is -0.503. The lowest BCUT2D eigenvalue weighted by atomic mass is 9.78. The van der Waals surface area contributed by atoms with Crippen molar-refractivity contribution in [1.82, 2.24) is 0 Å². The number of carbonyl (C=O) groups excluding carboxylic acids is 1. The second-order valence-corrected chi connectivity index (χ2v) is 9.42. The zero-order valence-electron chi connectivity index (χ0n) is 20.2. The lowest BCUT2D eigenvalue weighted by Crippen LogP contribution is -2.55. The molecule has 0 aromatic heterocycles. The third-order valence-electron chi connectivity index (χ3n) is 7.02. The Morgan fingerprint density at radius 2 is 1.57 bits per heavy atom. The van der Waals surface area contributed by atoms with Gasteiger partial charge in [0.15, 0.2) is 0 Å². The number of benzene rings is 4. The summed E-state index contributed by atoms with van der Waals surface area (Å²) < 4.78 is 13.2. The number of aliphatic hydroxyl groups is 1. The molecule has 0 saturated carbocycles. The van der Waals surface area contributed by atoms with E-state index in [-0.39, 0.29) is 35.2 Å². The maximum absolute atomic E-state index is 13.3. The van der Waals surface area contributed by atoms with Gasteiger partial charge in [-0.25, -0.2) is 4.39 Å². The Bertz CT molecular complexity index is 1390. The first-order valence-corrected chi connectivity index (χ1v) is 12.4. The first kappa shape index (κ1) is 24.5. The molecule has 5 nitrogen and oxygen atoms in total. The Morgan fingerprint density at radius 1 is 0.838 bits per heavy atom. The molecule has 0 unspecified atom stereocenters. The molecule has 0 bridgehead atoms. The van der Waals surface area contributed by atoms with Gasteiger partial charge in [-0.2, -0.15) is 0 Å². The van der Waals surface area contributed by atoms with Crippen molar-refractivity contribution in [2.75, 3.05) is 4.90 Å². The molecule has 5 rings (SSSR count). The van der Waals surface area contributed by atoms with Crippen LogP contribution in [0.5, 0.6) is 11.5 Å². The fourth-order valence-electron chi connectivity index (χ4n) is 5.10. The van der Waals surface area contributed by atoms with E-state index in [1.165, 1.54) is 12.1 Å². The van der Waals surface area contributed by atoms with E-state index in [2.05, 4.69) is 0 Å². The Balaban J connectivity index is 1.37. The van der Waals surface area contributed by atoms with Crippen LogP contribution in [0.2, 0.25) is 0 Å². The number of hydrogen-bond donors (Lipinski definition) is 3. The van der Waals surface area contributed by atoms with Crippen LogP contribution in [-0.4, -0.2) is 21.2 Å². The van der Waals surface area contributed by atoms with Gasteiger partial charge in [0.2, 0.25) is 5.91 Å². The number of aliphatic hydroxyl groups excluding tert-OH is 1. The van der Waals surface area contributed by atoms with Crippen molar-refractivity contribution in [2.45, 2.75) is 31.4 Å². The fraction of sp³-hybridized carbons (Fsp3) is 0.194. The van der Waals surface area contributed by atoms with E-state index < -0.39 is 6.10 Å². The quantitative estimate of drug-likeness (QED) is 0.242. The first-order chi connectivity index (χ1) is 17.9. The van der Waals surface area contributed by atoms with Crippen molar-refractivity contribution < 1.29 is 24.5 Å². The Labute approximate surface area is 215 Å². The number of phenols is 2. The lowest BCUT2D eigenvalue weighted by molar-refractivity contribution is -0.130. The molecule has 4 aromatic carbocycles. The van der Waals surface area contributed by atoms with E-state index in [9.17, 15) is 24.5 Å². The highest BCUT2D eigenvalue weighted by Crippen LogP contribution is 2.48. The molecule has 4 aromatic rings. The highest BCUT2D eigenvalue weighted by Gasteiger charge is 2.49. The van der Waals surface area contributed by atoms with E-state index in [1.54, 1.807) is 41.3 Å². The maximum Gasteiger partial charge on any atom is 0.233 e. The summed E-state index contributed by atoms with van der Waals surface area (Å²) in [5, 5.41) is 31.4. The Kier molecular flexibility index (Phi) is 6.93. The van der Waals surface area contributed by atoms with E-state index in [1.807, 2.05) is 48.5 Å². The summed E-state index contributed by atoms with van der Waals surface area (Å²) in [6, 6.07) is 27.0. The molecule has 0 spiro atoms. The number of carbonyl (C=O) groups is 1. The monoisotopic (exact) mass is 497 g/mol. The van der Waals surface area contributed by atoms with Crippen LogP contribution in [0.3, 0.4) is 0 Å². The molecule has 1 fully saturated rings. The van der Waals surface area contributed by atoms with Gasteiger partial charge >= 0.3 is 0 Å². The summed E-state index contributed by atoms with van der Waals surface area (Å²) in [7, 11) is 0. The molecule has 1 amide bonds. The van der Waals surface area contributed by atoms with Gasteiger partial charge in [0.05, 0.1) is 18.1 Å². The predicted octanol–water partition coefficient (Wildman–Crippen LogP) is 6.51. The standard InChI is InChI=1S/C31H28FNO4/c32-23-15-12-20(13-16-23)28(35)11-5-10-27-30(33(31(27)37)24-7-2-1-3-8-24)26-17-14-22(19-29(26)36)21-6-4-9-25(34)18-21/h1-4,6-9,12-19,27-28,30,34-36H,5,10-11H2/t27-,28+,30-/m1/s1. The van der Waals surface area contributed by atoms with Gasteiger partial charge in [-0.15, -0.1) is 0 Å². The van der Waals surface area contributed by atoms with E-state index in [0.717, 1.165) is 16.8 Å². The first-order valence-electron chi connectivity index (χ1n) is 12.4. The second-order valence-electron chi connectivity index (χ2n) is 9.42. The van der Waals surface area contributed by atoms with E-state index in [0.29, 0.717) is 30.4 Å². The SMILES string of the molecule is O=C1[C@H](CCC[C@H](O)c2ccc(F)cc2)[C@@H](c2ccc(-c3cccc(O)c3)cc2O)N1c1ccccc1. The van der Waals surface area contributed by atoms with Crippen molar-refractivity contribution in [1.29, 1.82) is 0 Å². The van der Waals surface area contributed by atoms with Crippen LogP contribution in [0.25, 0.3) is 11.1 Å². The van der Waals surface area contributed by atoms with Gasteiger partial charge in [-0.1, -0.05) is 54.6 Å². The van der Waals surface area contributed by atoms with Gasteiger partial charge in [0.25, 0.3) is 0 Å². The summed E-state index contributed by atoms with van der Waals surface area (Å²) in [4.78, 5) is 15.0. The molecular weight excluding hydrogens is 469 g/mol. The van der Waals surface area contributed by atoms with Gasteiger partial charge in [-0.05, 0) is 78.4 Å². The van der Waals surface area contributed by atoms with Crippen LogP contribution in [0.4, 0.5) is 10.1 Å². The van der Waals surface area contributed by atoms with Crippen LogP contribution in [-0.2, 0) is 4.79 Å². The summed E-state index contributed by atoms with van der Waals surface area (Å²) >= 11 is 0. The third kappa shape index (κ3) is 5.06. The Morgan fingerprint density at radius 3 is 2.27 bits per heavy atom. The summed E-state index contributed by atoms with van der Waals surface area (Å²) in [6.07, 6.45) is 0.833. The van der Waals surface area contributed by atoms with E-state index in [4.69, 9.17) is 0 Å². The van der Waals surface area contributed by atoms with Gasteiger partial charge < -0.3 is 20.2 Å². The predicted molar refractivity (Wildman–Crippen MR) is 141 cm³/mol. The largest absolute Gasteiger partial charge is 0.508 e. The van der Waals surface area contributed by atoms with Crippen molar-refractivity contribution in [3.63, 3.8) is 0 Å². The highest BCUT2D eigenvalue weighted by atomic mass is 19.1. The maximum atomic E-state index is 13.3. The number of rotatable bonds is 8. The number of hydrogen-bond acceptors (Lipinski definition) is 4. The zero-order chi connectivity index (χ0) is 25.9. The molecule has 0 aliphatic carbocycles. The highest BCUT2D eigenvalue weighted by molar-refractivity contribution is 6.03. The molecule has 1 aliphatic rings. The topological polar surface area (TPSA) is 81.0 Å². The number of para-hydroxylation sites is 1. The third-order valence-corrected chi connectivity index (χ3v) is 7.02. The number of aromatic hydroxyl groups is 2. The normalized spacial score (nSPS) is 17.9. The molecule has 188 valence electrons. The molecule has 0 radical (unpaired) electrons. The smallest absolute Gasteiger partial charge is 0.233 e. The second kappa shape index (κ2) is 10.4. The van der Waals surface area contributed by atoms with Gasteiger partial charge in [0.1, 0.15) is 17.3 Å². The summed E-state index contributed by atoms with van der Waals surface area (Å²) in [5.41, 5.74) is 3.59. The van der Waals surface area contributed by atoms with Crippen LogP contribution >= 0.6 is 0 Å². The van der Waals surface area contributed by atoms with Crippen LogP contribution in [0.1, 0.15) is 42.5 Å². The fourth-order valence-corrected chi connectivity index (χ4v) is 5.10. The number of anilines is 1. The molecule has 3 N–H and O–H groups in total. The average Bonchev–Trinajstić information content (AvgIpc) is 2.90. The molecular formula is C31H28FNO4. The van der Waals surface area contributed by atoms with Crippen molar-refractivity contribution in [3.05, 3.63) is 114 Å².